The van der Waals surface area contributed by atoms with Crippen molar-refractivity contribution in [1.82, 2.24) is 4.90 Å². The van der Waals surface area contributed by atoms with E-state index in [9.17, 15) is 14.0 Å². The average Bonchev–Trinajstić information content (AvgIpc) is 2.92. The summed E-state index contributed by atoms with van der Waals surface area (Å²) < 4.78 is 18.7. The number of hydrogen-bond acceptors (Lipinski definition) is 4. The molecule has 0 saturated heterocycles. The average molecular weight is 423 g/mol. The fourth-order valence-electron chi connectivity index (χ4n) is 4.41. The van der Waals surface area contributed by atoms with Crippen molar-refractivity contribution in [3.8, 4) is 5.75 Å². The number of halogens is 1. The van der Waals surface area contributed by atoms with E-state index in [2.05, 4.69) is 5.32 Å². The van der Waals surface area contributed by atoms with Gasteiger partial charge in [0.2, 0.25) is 5.91 Å². The molecule has 0 atom stereocenters. The van der Waals surface area contributed by atoms with Crippen LogP contribution < -0.4 is 10.1 Å². The standard InChI is InChI=1S/C24H26FN3O3/c1-31-20-9-5-4-8-19(20)26-21(29)16-28-23(30)22(17-10-12-18(25)13-11-17)27-24(28)14-6-2-3-7-15-24/h4-5,8-13H,2-3,6-7,14-16H2,1H3,(H,26,29). The molecule has 1 aliphatic carbocycles. The molecule has 1 fully saturated rings. The highest BCUT2D eigenvalue weighted by molar-refractivity contribution is 6.47. The predicted octanol–water partition coefficient (Wildman–Crippen LogP) is 4.15. The van der Waals surface area contributed by atoms with Crippen LogP contribution in [0.15, 0.2) is 53.5 Å². The quantitative estimate of drug-likeness (QED) is 0.785. The highest BCUT2D eigenvalue weighted by Gasteiger charge is 2.47. The number of carbonyl (C=O) groups excluding carboxylic acids is 2. The van der Waals surface area contributed by atoms with E-state index >= 15 is 0 Å². The maximum Gasteiger partial charge on any atom is 0.275 e. The van der Waals surface area contributed by atoms with Gasteiger partial charge in [0, 0.05) is 5.56 Å². The van der Waals surface area contributed by atoms with Gasteiger partial charge in [-0.05, 0) is 62.1 Å². The molecule has 0 unspecified atom stereocenters. The zero-order valence-electron chi connectivity index (χ0n) is 17.6. The molecule has 2 aliphatic rings. The van der Waals surface area contributed by atoms with E-state index in [0.29, 0.717) is 35.6 Å². The first-order valence-electron chi connectivity index (χ1n) is 10.6. The summed E-state index contributed by atoms with van der Waals surface area (Å²) in [7, 11) is 1.54. The van der Waals surface area contributed by atoms with E-state index in [1.807, 2.05) is 12.1 Å². The molecule has 1 spiro atoms. The summed E-state index contributed by atoms with van der Waals surface area (Å²) in [5, 5.41) is 2.85. The third-order valence-corrected chi connectivity index (χ3v) is 5.97. The van der Waals surface area contributed by atoms with Gasteiger partial charge in [0.15, 0.2) is 0 Å². The second-order valence-electron chi connectivity index (χ2n) is 8.00. The van der Waals surface area contributed by atoms with Gasteiger partial charge in [0.25, 0.3) is 5.91 Å². The van der Waals surface area contributed by atoms with Gasteiger partial charge in [-0.25, -0.2) is 4.39 Å². The summed E-state index contributed by atoms with van der Waals surface area (Å²) in [6.07, 6.45) is 5.48. The third-order valence-electron chi connectivity index (χ3n) is 5.97. The molecule has 6 nitrogen and oxygen atoms in total. The van der Waals surface area contributed by atoms with E-state index in [1.165, 1.54) is 19.2 Å². The van der Waals surface area contributed by atoms with E-state index in [4.69, 9.17) is 9.73 Å². The lowest BCUT2D eigenvalue weighted by molar-refractivity contribution is -0.133. The number of rotatable bonds is 5. The van der Waals surface area contributed by atoms with E-state index < -0.39 is 5.66 Å². The maximum absolute atomic E-state index is 13.4. The van der Waals surface area contributed by atoms with Crippen molar-refractivity contribution < 1.29 is 18.7 Å². The number of nitrogens with zero attached hydrogens (tertiary/aromatic N) is 2. The number of hydrogen-bond donors (Lipinski definition) is 1. The van der Waals surface area contributed by atoms with Crippen LogP contribution in [-0.4, -0.2) is 41.7 Å². The van der Waals surface area contributed by atoms with Gasteiger partial charge in [0.05, 0.1) is 12.8 Å². The van der Waals surface area contributed by atoms with Crippen LogP contribution in [-0.2, 0) is 9.59 Å². The first-order chi connectivity index (χ1) is 15.0. The van der Waals surface area contributed by atoms with Crippen LogP contribution in [0, 0.1) is 5.82 Å². The van der Waals surface area contributed by atoms with Crippen molar-refractivity contribution in [3.63, 3.8) is 0 Å². The molecule has 2 amide bonds. The normalized spacial score (nSPS) is 17.9. The fourth-order valence-corrected chi connectivity index (χ4v) is 4.41. The Balaban J connectivity index is 1.61. The molecule has 1 N–H and O–H groups in total. The van der Waals surface area contributed by atoms with Gasteiger partial charge in [-0.2, -0.15) is 0 Å². The Hall–Kier alpha value is -3.22. The topological polar surface area (TPSA) is 71.0 Å². The fraction of sp³-hybridized carbons (Fsp3) is 0.375. The molecule has 1 saturated carbocycles. The number of benzene rings is 2. The molecule has 2 aromatic rings. The van der Waals surface area contributed by atoms with Gasteiger partial charge >= 0.3 is 0 Å². The predicted molar refractivity (Wildman–Crippen MR) is 117 cm³/mol. The molecule has 0 bridgehead atoms. The van der Waals surface area contributed by atoms with Gasteiger partial charge in [0.1, 0.15) is 29.5 Å². The monoisotopic (exact) mass is 423 g/mol. The first kappa shape index (κ1) is 21.0. The Morgan fingerprint density at radius 2 is 1.77 bits per heavy atom. The summed E-state index contributed by atoms with van der Waals surface area (Å²) in [4.78, 5) is 32.8. The lowest BCUT2D eigenvalue weighted by Crippen LogP contribution is -2.50. The molecular weight excluding hydrogens is 397 g/mol. The largest absolute Gasteiger partial charge is 0.495 e. The second-order valence-corrected chi connectivity index (χ2v) is 8.00. The van der Waals surface area contributed by atoms with Crippen molar-refractivity contribution in [2.45, 2.75) is 44.2 Å². The highest BCUT2D eigenvalue weighted by atomic mass is 19.1. The number of amides is 2. The van der Waals surface area contributed by atoms with Crippen molar-refractivity contribution in [3.05, 3.63) is 59.9 Å². The van der Waals surface area contributed by atoms with Crippen molar-refractivity contribution >= 4 is 23.2 Å². The lowest BCUT2D eigenvalue weighted by atomic mass is 10.00. The summed E-state index contributed by atoms with van der Waals surface area (Å²) in [6.45, 7) is -0.106. The highest BCUT2D eigenvalue weighted by Crippen LogP contribution is 2.38. The minimum Gasteiger partial charge on any atom is -0.495 e. The zero-order chi connectivity index (χ0) is 21.8. The number of nitrogens with one attached hydrogen (secondary N) is 1. The summed E-state index contributed by atoms with van der Waals surface area (Å²) in [5.41, 5.74) is 0.695. The Morgan fingerprint density at radius 1 is 1.10 bits per heavy atom. The van der Waals surface area contributed by atoms with E-state index in [-0.39, 0.29) is 24.2 Å². The van der Waals surface area contributed by atoms with Crippen LogP contribution in [0.25, 0.3) is 0 Å². The second kappa shape index (κ2) is 8.88. The zero-order valence-corrected chi connectivity index (χ0v) is 17.6. The number of anilines is 1. The summed E-state index contributed by atoms with van der Waals surface area (Å²) in [6, 6.07) is 12.9. The van der Waals surface area contributed by atoms with Gasteiger partial charge in [-0.1, -0.05) is 25.0 Å². The van der Waals surface area contributed by atoms with E-state index in [0.717, 1.165) is 25.7 Å². The molecular formula is C24H26FN3O3. The van der Waals surface area contributed by atoms with Crippen LogP contribution in [0.1, 0.15) is 44.1 Å². The summed E-state index contributed by atoms with van der Waals surface area (Å²) >= 11 is 0. The number of aliphatic imine (C=N–C) groups is 1. The molecule has 31 heavy (non-hydrogen) atoms. The van der Waals surface area contributed by atoms with Crippen molar-refractivity contribution in [2.24, 2.45) is 4.99 Å². The molecule has 7 heteroatoms. The molecule has 1 heterocycles. The summed E-state index contributed by atoms with van der Waals surface area (Å²) in [5.74, 6) is -0.413. The number of ether oxygens (including phenoxy) is 1. The minimum atomic E-state index is -0.727. The SMILES string of the molecule is COc1ccccc1NC(=O)CN1C(=O)C(c2ccc(F)cc2)=NC12CCCCCC2. The lowest BCUT2D eigenvalue weighted by Gasteiger charge is -2.35. The van der Waals surface area contributed by atoms with Crippen LogP contribution in [0.5, 0.6) is 5.75 Å². The maximum atomic E-state index is 13.4. The third kappa shape index (κ3) is 4.31. The molecule has 1 aliphatic heterocycles. The Bertz CT molecular complexity index is 995. The van der Waals surface area contributed by atoms with Crippen LogP contribution >= 0.6 is 0 Å². The molecule has 0 radical (unpaired) electrons. The minimum absolute atomic E-state index is 0.106. The van der Waals surface area contributed by atoms with Crippen LogP contribution in [0.2, 0.25) is 0 Å². The van der Waals surface area contributed by atoms with E-state index in [1.54, 1.807) is 29.2 Å². The van der Waals surface area contributed by atoms with Crippen molar-refractivity contribution in [2.75, 3.05) is 19.0 Å². The van der Waals surface area contributed by atoms with Crippen LogP contribution in [0.3, 0.4) is 0 Å². The first-order valence-corrected chi connectivity index (χ1v) is 10.6. The van der Waals surface area contributed by atoms with Crippen LogP contribution in [0.4, 0.5) is 10.1 Å². The Morgan fingerprint density at radius 3 is 2.45 bits per heavy atom. The number of carbonyl (C=O) groups is 2. The van der Waals surface area contributed by atoms with Gasteiger partial charge in [-0.15, -0.1) is 0 Å². The molecule has 162 valence electrons. The Labute approximate surface area is 181 Å². The van der Waals surface area contributed by atoms with Gasteiger partial charge in [-0.3, -0.25) is 14.6 Å². The smallest absolute Gasteiger partial charge is 0.275 e. The van der Waals surface area contributed by atoms with Crippen molar-refractivity contribution in [1.29, 1.82) is 0 Å². The number of methoxy groups -OCH3 is 1. The molecule has 0 aromatic heterocycles. The molecule has 4 rings (SSSR count). The number of para-hydroxylation sites is 2. The Kier molecular flexibility index (Phi) is 6.02. The van der Waals surface area contributed by atoms with Gasteiger partial charge < -0.3 is 15.0 Å². The molecule has 2 aromatic carbocycles.